The number of benzene rings is 2. The lowest BCUT2D eigenvalue weighted by Crippen LogP contribution is -2.33. The Balaban J connectivity index is 1.91. The summed E-state index contributed by atoms with van der Waals surface area (Å²) in [6.07, 6.45) is 0.745. The number of guanidine groups is 1. The number of hydrogen-bond acceptors (Lipinski definition) is 2. The fourth-order valence-electron chi connectivity index (χ4n) is 2.58. The maximum atomic E-state index is 7.91. The van der Waals surface area contributed by atoms with Crippen LogP contribution in [0.5, 0.6) is 0 Å². The van der Waals surface area contributed by atoms with E-state index in [1.165, 1.54) is 11.1 Å². The zero-order valence-electron chi connectivity index (χ0n) is 13.6. The summed E-state index contributed by atoms with van der Waals surface area (Å²) in [5, 5.41) is 7.91. The summed E-state index contributed by atoms with van der Waals surface area (Å²) in [4.78, 5) is 6.33. The molecule has 3 aromatic rings. The first-order valence-electron chi connectivity index (χ1n) is 7.84. The molecular weight excluding hydrogens is 296 g/mol. The van der Waals surface area contributed by atoms with E-state index in [1.807, 2.05) is 48.5 Å². The number of nitrogens with zero attached hydrogens (tertiary/aromatic N) is 2. The molecule has 4 nitrogen and oxygen atoms in total. The number of rotatable bonds is 4. The van der Waals surface area contributed by atoms with Crippen molar-refractivity contribution in [2.75, 3.05) is 4.90 Å². The summed E-state index contributed by atoms with van der Waals surface area (Å²) in [6, 6.07) is 23.8. The van der Waals surface area contributed by atoms with Crippen molar-refractivity contribution in [2.24, 2.45) is 5.73 Å². The number of para-hydroxylation sites is 1. The number of pyridine rings is 1. The smallest absolute Gasteiger partial charge is 0.198 e. The Labute approximate surface area is 142 Å². The summed E-state index contributed by atoms with van der Waals surface area (Å²) < 4.78 is 0. The van der Waals surface area contributed by atoms with Crippen molar-refractivity contribution in [2.45, 2.75) is 13.3 Å². The van der Waals surface area contributed by atoms with Crippen LogP contribution in [-0.4, -0.2) is 10.9 Å². The molecule has 3 N–H and O–H groups in total. The van der Waals surface area contributed by atoms with Gasteiger partial charge in [0.25, 0.3) is 0 Å². The number of nitrogens with one attached hydrogen (secondary N) is 1. The van der Waals surface area contributed by atoms with Gasteiger partial charge in [-0.05, 0) is 36.8 Å². The van der Waals surface area contributed by atoms with Gasteiger partial charge in [0.2, 0.25) is 0 Å². The molecule has 120 valence electrons. The third-order valence-corrected chi connectivity index (χ3v) is 3.78. The second-order valence-electron chi connectivity index (χ2n) is 5.71. The number of aromatic nitrogens is 1. The number of anilines is 2. The van der Waals surface area contributed by atoms with Crippen LogP contribution in [0.2, 0.25) is 0 Å². The molecule has 0 saturated carbocycles. The second kappa shape index (κ2) is 6.96. The fourth-order valence-corrected chi connectivity index (χ4v) is 2.58. The quantitative estimate of drug-likeness (QED) is 0.564. The van der Waals surface area contributed by atoms with Crippen molar-refractivity contribution >= 4 is 17.5 Å². The lowest BCUT2D eigenvalue weighted by atomic mass is 10.1. The molecule has 0 aliphatic heterocycles. The van der Waals surface area contributed by atoms with Crippen LogP contribution >= 0.6 is 0 Å². The van der Waals surface area contributed by atoms with Gasteiger partial charge >= 0.3 is 0 Å². The maximum Gasteiger partial charge on any atom is 0.198 e. The molecule has 0 aliphatic carbocycles. The van der Waals surface area contributed by atoms with Crippen LogP contribution in [0.1, 0.15) is 16.8 Å². The standard InChI is InChI=1S/C20H20N4/c1-15-10-12-16(13-11-15)14-17-6-5-9-19(23-17)24(20(21)22)18-7-3-2-4-8-18/h2-13H,14H2,1H3,(H3,21,22). The first-order chi connectivity index (χ1) is 11.6. The van der Waals surface area contributed by atoms with E-state index >= 15 is 0 Å². The van der Waals surface area contributed by atoms with E-state index in [2.05, 4.69) is 31.2 Å². The summed E-state index contributed by atoms with van der Waals surface area (Å²) in [5.74, 6) is 0.597. The van der Waals surface area contributed by atoms with Gasteiger partial charge in [0.1, 0.15) is 5.82 Å². The monoisotopic (exact) mass is 316 g/mol. The highest BCUT2D eigenvalue weighted by Gasteiger charge is 2.14. The van der Waals surface area contributed by atoms with Gasteiger partial charge < -0.3 is 5.73 Å². The molecule has 0 aliphatic rings. The lowest BCUT2D eigenvalue weighted by Gasteiger charge is -2.22. The van der Waals surface area contributed by atoms with Crippen molar-refractivity contribution in [3.8, 4) is 0 Å². The van der Waals surface area contributed by atoms with Crippen LogP contribution in [0.3, 0.4) is 0 Å². The minimum absolute atomic E-state index is 0.0545. The molecule has 4 heteroatoms. The largest absolute Gasteiger partial charge is 0.369 e. The van der Waals surface area contributed by atoms with Gasteiger partial charge in [-0.15, -0.1) is 0 Å². The molecule has 0 spiro atoms. The zero-order chi connectivity index (χ0) is 16.9. The topological polar surface area (TPSA) is 66.0 Å². The van der Waals surface area contributed by atoms with Gasteiger partial charge in [-0.2, -0.15) is 0 Å². The van der Waals surface area contributed by atoms with E-state index in [1.54, 1.807) is 4.90 Å². The SMILES string of the molecule is Cc1ccc(Cc2cccc(N(C(=N)N)c3ccccc3)n2)cc1. The first-order valence-corrected chi connectivity index (χ1v) is 7.84. The summed E-state index contributed by atoms with van der Waals surface area (Å²) in [5.41, 5.74) is 10.0. The van der Waals surface area contributed by atoms with E-state index in [9.17, 15) is 0 Å². The molecular formula is C20H20N4. The molecule has 3 rings (SSSR count). The first kappa shape index (κ1) is 15.7. The van der Waals surface area contributed by atoms with E-state index < -0.39 is 0 Å². The van der Waals surface area contributed by atoms with Crippen molar-refractivity contribution in [1.82, 2.24) is 4.98 Å². The average Bonchev–Trinajstić information content (AvgIpc) is 2.58. The molecule has 24 heavy (non-hydrogen) atoms. The number of aryl methyl sites for hydroxylation is 1. The Hall–Kier alpha value is -3.14. The Morgan fingerprint density at radius 2 is 1.67 bits per heavy atom. The Kier molecular flexibility index (Phi) is 4.57. The molecule has 0 radical (unpaired) electrons. The minimum Gasteiger partial charge on any atom is -0.369 e. The van der Waals surface area contributed by atoms with Crippen LogP contribution in [-0.2, 0) is 6.42 Å². The van der Waals surface area contributed by atoms with Crippen molar-refractivity contribution in [3.05, 3.63) is 89.6 Å². The highest BCUT2D eigenvalue weighted by atomic mass is 15.3. The molecule has 1 aromatic heterocycles. The van der Waals surface area contributed by atoms with Crippen LogP contribution in [0, 0.1) is 12.3 Å². The Morgan fingerprint density at radius 3 is 2.33 bits per heavy atom. The third-order valence-electron chi connectivity index (χ3n) is 3.78. The molecule has 2 aromatic carbocycles. The van der Waals surface area contributed by atoms with Crippen molar-refractivity contribution < 1.29 is 0 Å². The molecule has 0 atom stereocenters. The van der Waals surface area contributed by atoms with Gasteiger partial charge in [0.15, 0.2) is 5.96 Å². The minimum atomic E-state index is -0.0545. The van der Waals surface area contributed by atoms with E-state index in [-0.39, 0.29) is 5.96 Å². The van der Waals surface area contributed by atoms with Crippen molar-refractivity contribution in [1.29, 1.82) is 5.41 Å². The lowest BCUT2D eigenvalue weighted by molar-refractivity contribution is 1.05. The van der Waals surface area contributed by atoms with Gasteiger partial charge in [-0.1, -0.05) is 54.1 Å². The highest BCUT2D eigenvalue weighted by Crippen LogP contribution is 2.23. The van der Waals surface area contributed by atoms with Crippen LogP contribution in [0.15, 0.2) is 72.8 Å². The summed E-state index contributed by atoms with van der Waals surface area (Å²) >= 11 is 0. The molecule has 0 fully saturated rings. The number of nitrogens with two attached hydrogens (primary N) is 1. The fraction of sp³-hybridized carbons (Fsp3) is 0.100. The highest BCUT2D eigenvalue weighted by molar-refractivity contribution is 5.98. The summed E-state index contributed by atoms with van der Waals surface area (Å²) in [7, 11) is 0. The second-order valence-corrected chi connectivity index (χ2v) is 5.71. The normalized spacial score (nSPS) is 10.4. The molecule has 0 saturated heterocycles. The Bertz CT molecular complexity index is 826. The zero-order valence-corrected chi connectivity index (χ0v) is 13.6. The number of hydrogen-bond donors (Lipinski definition) is 2. The van der Waals surface area contributed by atoms with E-state index in [0.717, 1.165) is 17.8 Å². The van der Waals surface area contributed by atoms with Gasteiger partial charge in [-0.25, -0.2) is 4.98 Å². The van der Waals surface area contributed by atoms with Gasteiger partial charge in [-0.3, -0.25) is 10.3 Å². The predicted octanol–water partition coefficient (Wildman–Crippen LogP) is 4.01. The molecule has 0 unspecified atom stereocenters. The third kappa shape index (κ3) is 3.60. The molecule has 0 bridgehead atoms. The van der Waals surface area contributed by atoms with E-state index in [4.69, 9.17) is 16.1 Å². The average molecular weight is 316 g/mol. The Morgan fingerprint density at radius 1 is 0.958 bits per heavy atom. The van der Waals surface area contributed by atoms with Gasteiger partial charge in [0, 0.05) is 12.1 Å². The van der Waals surface area contributed by atoms with E-state index in [0.29, 0.717) is 5.82 Å². The molecule has 0 amide bonds. The summed E-state index contributed by atoms with van der Waals surface area (Å²) in [6.45, 7) is 2.08. The van der Waals surface area contributed by atoms with Crippen LogP contribution < -0.4 is 10.6 Å². The molecule has 1 heterocycles. The van der Waals surface area contributed by atoms with Crippen LogP contribution in [0.25, 0.3) is 0 Å². The van der Waals surface area contributed by atoms with Gasteiger partial charge in [0.05, 0.1) is 5.69 Å². The predicted molar refractivity (Wildman–Crippen MR) is 98.7 cm³/mol. The van der Waals surface area contributed by atoms with Crippen molar-refractivity contribution in [3.63, 3.8) is 0 Å². The maximum absolute atomic E-state index is 7.91. The van der Waals surface area contributed by atoms with Crippen LogP contribution in [0.4, 0.5) is 11.5 Å².